The molecule has 2 N–H and O–H groups in total. The fraction of sp³-hybridized carbons (Fsp3) is 0.211. The minimum atomic E-state index is -4.57. The summed E-state index contributed by atoms with van der Waals surface area (Å²) in [6, 6.07) is 6.88. The maximum Gasteiger partial charge on any atom is 0.443 e. The summed E-state index contributed by atoms with van der Waals surface area (Å²) in [5.41, 5.74) is 2.15. The molecule has 1 atom stereocenters. The SMILES string of the molecule is CC(Nc1cnc2c(n1)[N+](C)=C2)c1cccc(NC(=O)c2cnc(C(F)(F)F)s2)c1. The molecule has 0 spiro atoms. The Morgan fingerprint density at radius 3 is 2.73 bits per heavy atom. The van der Waals surface area contributed by atoms with Gasteiger partial charge in [-0.1, -0.05) is 12.1 Å². The topological polar surface area (TPSA) is 82.8 Å². The average molecular weight is 433 g/mol. The van der Waals surface area contributed by atoms with E-state index in [4.69, 9.17) is 0 Å². The first-order valence-corrected chi connectivity index (χ1v) is 9.68. The van der Waals surface area contributed by atoms with Gasteiger partial charge in [0, 0.05) is 5.69 Å². The van der Waals surface area contributed by atoms with Gasteiger partial charge in [0.25, 0.3) is 11.7 Å². The van der Waals surface area contributed by atoms with Crippen LogP contribution < -0.4 is 10.6 Å². The number of anilines is 2. The number of nitrogens with one attached hydrogen (secondary N) is 2. The third-order valence-corrected chi connectivity index (χ3v) is 5.45. The summed E-state index contributed by atoms with van der Waals surface area (Å²) in [5, 5.41) is 4.81. The lowest BCUT2D eigenvalue weighted by molar-refractivity contribution is -0.416. The van der Waals surface area contributed by atoms with E-state index in [2.05, 4.69) is 25.6 Å². The van der Waals surface area contributed by atoms with Gasteiger partial charge in [0.2, 0.25) is 0 Å². The Labute approximate surface area is 173 Å². The van der Waals surface area contributed by atoms with Crippen LogP contribution in [0.5, 0.6) is 0 Å². The predicted molar refractivity (Wildman–Crippen MR) is 107 cm³/mol. The van der Waals surface area contributed by atoms with Crippen molar-refractivity contribution in [1.82, 2.24) is 15.0 Å². The molecule has 7 nitrogen and oxygen atoms in total. The Bertz CT molecular complexity index is 1160. The minimum Gasteiger partial charge on any atom is -0.342 e. The number of nitrogens with zero attached hydrogens (tertiary/aromatic N) is 4. The number of amides is 1. The van der Waals surface area contributed by atoms with Crippen molar-refractivity contribution in [2.24, 2.45) is 0 Å². The van der Waals surface area contributed by atoms with Crippen LogP contribution in [0.2, 0.25) is 0 Å². The second-order valence-corrected chi connectivity index (χ2v) is 7.71. The second-order valence-electron chi connectivity index (χ2n) is 6.68. The van der Waals surface area contributed by atoms with Crippen molar-refractivity contribution in [2.75, 3.05) is 17.7 Å². The third-order valence-electron chi connectivity index (χ3n) is 4.41. The number of carbonyl (C=O) groups excluding carboxylic acids is 1. The lowest BCUT2D eigenvalue weighted by Crippen LogP contribution is -2.19. The molecule has 1 aliphatic rings. The molecule has 0 bridgehead atoms. The zero-order valence-corrected chi connectivity index (χ0v) is 16.7. The lowest BCUT2D eigenvalue weighted by Gasteiger charge is -2.15. The van der Waals surface area contributed by atoms with E-state index in [-0.39, 0.29) is 10.9 Å². The normalized spacial score (nSPS) is 13.7. The molecule has 11 heteroatoms. The van der Waals surface area contributed by atoms with E-state index in [0.717, 1.165) is 23.3 Å². The molecule has 154 valence electrons. The molecule has 1 amide bonds. The lowest BCUT2D eigenvalue weighted by atomic mass is 10.1. The van der Waals surface area contributed by atoms with Crippen LogP contribution in [0.3, 0.4) is 0 Å². The summed E-state index contributed by atoms with van der Waals surface area (Å²) in [6.07, 6.45) is -0.122. The first-order valence-electron chi connectivity index (χ1n) is 8.86. The summed E-state index contributed by atoms with van der Waals surface area (Å²) < 4.78 is 39.9. The van der Waals surface area contributed by atoms with Crippen LogP contribution in [0.15, 0.2) is 36.7 Å². The molecular weight excluding hydrogens is 417 g/mol. The van der Waals surface area contributed by atoms with Crippen LogP contribution in [-0.4, -0.2) is 38.7 Å². The van der Waals surface area contributed by atoms with Crippen LogP contribution in [0, 0.1) is 0 Å². The Morgan fingerprint density at radius 1 is 1.23 bits per heavy atom. The standard InChI is InChI=1S/C19H15F3N6OS/c1-10(25-15-8-23-13-9-28(2)16(13)27-15)11-4-3-5-12(6-11)26-17(29)14-7-24-18(30-14)19(20,21)22/h3-10H,1-2H3,(H,26,29)/p+1. The Kier molecular flexibility index (Phi) is 4.98. The van der Waals surface area contributed by atoms with Crippen LogP contribution >= 0.6 is 11.3 Å². The van der Waals surface area contributed by atoms with Crippen molar-refractivity contribution in [2.45, 2.75) is 19.1 Å². The molecule has 1 unspecified atom stereocenters. The number of hydrogen-bond donors (Lipinski definition) is 2. The number of thiazole rings is 1. The molecule has 0 saturated carbocycles. The van der Waals surface area contributed by atoms with Gasteiger partial charge in [-0.05, 0) is 29.6 Å². The van der Waals surface area contributed by atoms with Gasteiger partial charge in [-0.3, -0.25) is 4.79 Å². The Balaban J connectivity index is 1.44. The molecule has 3 heterocycles. The molecule has 4 rings (SSSR count). The molecule has 0 aliphatic carbocycles. The van der Waals surface area contributed by atoms with Gasteiger partial charge in [0.05, 0.1) is 25.5 Å². The van der Waals surface area contributed by atoms with Crippen molar-refractivity contribution in [1.29, 1.82) is 0 Å². The molecule has 30 heavy (non-hydrogen) atoms. The Morgan fingerprint density at radius 2 is 2.03 bits per heavy atom. The van der Waals surface area contributed by atoms with E-state index < -0.39 is 17.1 Å². The molecule has 0 radical (unpaired) electrons. The van der Waals surface area contributed by atoms with Gasteiger partial charge in [-0.25, -0.2) is 14.5 Å². The van der Waals surface area contributed by atoms with Gasteiger partial charge in [-0.15, -0.1) is 11.3 Å². The van der Waals surface area contributed by atoms with E-state index in [9.17, 15) is 18.0 Å². The highest BCUT2D eigenvalue weighted by atomic mass is 32.1. The highest BCUT2D eigenvalue weighted by Crippen LogP contribution is 2.32. The highest BCUT2D eigenvalue weighted by molar-refractivity contribution is 7.13. The van der Waals surface area contributed by atoms with E-state index in [1.54, 1.807) is 24.4 Å². The fourth-order valence-corrected chi connectivity index (χ4v) is 3.56. The molecular formula is C19H16F3N6OS+. The summed E-state index contributed by atoms with van der Waals surface area (Å²) in [4.78, 5) is 24.2. The summed E-state index contributed by atoms with van der Waals surface area (Å²) in [6.45, 7) is 1.93. The number of alkyl halides is 3. The predicted octanol–water partition coefficient (Wildman–Crippen LogP) is 4.08. The number of hydrogen-bond acceptors (Lipinski definition) is 6. The van der Waals surface area contributed by atoms with Crippen molar-refractivity contribution in [3.63, 3.8) is 0 Å². The fourth-order valence-electron chi connectivity index (χ4n) is 2.88. The average Bonchev–Trinajstić information content (AvgIpc) is 3.19. The van der Waals surface area contributed by atoms with Crippen molar-refractivity contribution < 1.29 is 22.5 Å². The van der Waals surface area contributed by atoms with Crippen molar-refractivity contribution in [3.8, 4) is 0 Å². The van der Waals surface area contributed by atoms with Crippen LogP contribution in [-0.2, 0) is 6.18 Å². The van der Waals surface area contributed by atoms with Crippen molar-refractivity contribution in [3.05, 3.63) is 57.8 Å². The third kappa shape index (κ3) is 4.01. The second kappa shape index (κ2) is 7.48. The summed E-state index contributed by atoms with van der Waals surface area (Å²) in [5.74, 6) is 0.754. The molecule has 2 aromatic heterocycles. The van der Waals surface area contributed by atoms with E-state index in [0.29, 0.717) is 22.8 Å². The van der Waals surface area contributed by atoms with E-state index in [1.165, 1.54) is 0 Å². The number of benzene rings is 1. The molecule has 0 fully saturated rings. The monoisotopic (exact) mass is 433 g/mol. The molecule has 1 aliphatic heterocycles. The number of carbonyl (C=O) groups is 1. The first kappa shape index (κ1) is 20.0. The zero-order chi connectivity index (χ0) is 21.5. The molecule has 1 aromatic carbocycles. The maximum absolute atomic E-state index is 12.7. The maximum atomic E-state index is 12.7. The molecule has 3 aromatic rings. The molecule has 0 saturated heterocycles. The summed E-state index contributed by atoms with van der Waals surface area (Å²) in [7, 11) is 1.89. The van der Waals surface area contributed by atoms with Crippen LogP contribution in [0.1, 0.15) is 38.9 Å². The number of rotatable bonds is 5. The van der Waals surface area contributed by atoms with Crippen LogP contribution in [0.25, 0.3) is 0 Å². The van der Waals surface area contributed by atoms with E-state index >= 15 is 0 Å². The highest BCUT2D eigenvalue weighted by Gasteiger charge is 2.35. The zero-order valence-electron chi connectivity index (χ0n) is 15.9. The van der Waals surface area contributed by atoms with Crippen molar-refractivity contribution >= 4 is 40.8 Å². The largest absolute Gasteiger partial charge is 0.443 e. The number of fused-ring (bicyclic) bond motifs is 1. The minimum absolute atomic E-state index is 0.114. The van der Waals surface area contributed by atoms with Gasteiger partial charge < -0.3 is 10.6 Å². The van der Waals surface area contributed by atoms with E-state index in [1.807, 2.05) is 30.8 Å². The van der Waals surface area contributed by atoms with Crippen LogP contribution in [0.4, 0.5) is 30.5 Å². The number of halogens is 3. The van der Waals surface area contributed by atoms with Gasteiger partial charge >= 0.3 is 12.0 Å². The first-order chi connectivity index (χ1) is 14.2. The van der Waals surface area contributed by atoms with Gasteiger partial charge in [0.1, 0.15) is 11.1 Å². The summed E-state index contributed by atoms with van der Waals surface area (Å²) >= 11 is 0.305. The quantitative estimate of drug-likeness (QED) is 0.593. The smallest absolute Gasteiger partial charge is 0.342 e. The Hall–Kier alpha value is -3.34. The van der Waals surface area contributed by atoms with Gasteiger partial charge in [-0.2, -0.15) is 13.2 Å². The van der Waals surface area contributed by atoms with Gasteiger partial charge in [0.15, 0.2) is 10.7 Å². The number of aromatic nitrogens is 3.